The molecule has 0 saturated carbocycles. The maximum atomic E-state index is 13.3. The zero-order valence-electron chi connectivity index (χ0n) is 19.1. The lowest BCUT2D eigenvalue weighted by molar-refractivity contribution is -0.152. The SMILES string of the molecule is O=C1C(=O)N2CCN(C(=O)c3ccccn3)CC2[C@@H]2Nc3c(ccnc3-c3cc4ccccc4o3)C12. The predicted octanol–water partition coefficient (Wildman–Crippen LogP) is 2.70. The van der Waals surface area contributed by atoms with Gasteiger partial charge in [-0.2, -0.15) is 0 Å². The number of furan rings is 1. The number of aromatic nitrogens is 2. The lowest BCUT2D eigenvalue weighted by atomic mass is 9.81. The number of hydrogen-bond acceptors (Lipinski definition) is 7. The Morgan fingerprint density at radius 1 is 1.00 bits per heavy atom. The minimum atomic E-state index is -0.648. The molecule has 1 N–H and O–H groups in total. The van der Waals surface area contributed by atoms with Crippen molar-refractivity contribution in [3.63, 3.8) is 0 Å². The van der Waals surface area contributed by atoms with Gasteiger partial charge in [-0.1, -0.05) is 24.3 Å². The summed E-state index contributed by atoms with van der Waals surface area (Å²) in [4.78, 5) is 51.6. The van der Waals surface area contributed by atoms with Crippen LogP contribution in [-0.2, 0) is 9.59 Å². The average molecular weight is 479 g/mol. The van der Waals surface area contributed by atoms with Crippen LogP contribution in [0.4, 0.5) is 5.69 Å². The number of fused-ring (bicyclic) bond motifs is 6. The lowest BCUT2D eigenvalue weighted by Gasteiger charge is -2.47. The van der Waals surface area contributed by atoms with Crippen molar-refractivity contribution in [2.24, 2.45) is 0 Å². The minimum absolute atomic E-state index is 0.184. The van der Waals surface area contributed by atoms with E-state index in [2.05, 4.69) is 15.3 Å². The molecule has 3 aromatic heterocycles. The Labute approximate surface area is 205 Å². The molecule has 3 aliphatic heterocycles. The minimum Gasteiger partial charge on any atom is -0.454 e. The van der Waals surface area contributed by atoms with E-state index in [9.17, 15) is 14.4 Å². The summed E-state index contributed by atoms with van der Waals surface area (Å²) < 4.78 is 6.06. The Hall–Kier alpha value is -4.53. The molecule has 0 radical (unpaired) electrons. The highest BCUT2D eigenvalue weighted by Crippen LogP contribution is 2.46. The van der Waals surface area contributed by atoms with E-state index in [4.69, 9.17) is 4.42 Å². The van der Waals surface area contributed by atoms with Gasteiger partial charge in [0, 0.05) is 37.4 Å². The molecule has 9 heteroatoms. The van der Waals surface area contributed by atoms with Crippen molar-refractivity contribution in [3.05, 3.63) is 78.2 Å². The molecule has 36 heavy (non-hydrogen) atoms. The van der Waals surface area contributed by atoms with Gasteiger partial charge in [-0.3, -0.25) is 24.4 Å². The zero-order chi connectivity index (χ0) is 24.4. The number of amides is 2. The van der Waals surface area contributed by atoms with Crippen LogP contribution in [-0.4, -0.2) is 69.1 Å². The van der Waals surface area contributed by atoms with Crippen molar-refractivity contribution >= 4 is 34.3 Å². The van der Waals surface area contributed by atoms with Crippen LogP contribution in [0.25, 0.3) is 22.4 Å². The van der Waals surface area contributed by atoms with Gasteiger partial charge >= 0.3 is 0 Å². The molecule has 1 aromatic carbocycles. The summed E-state index contributed by atoms with van der Waals surface area (Å²) in [5.74, 6) is -1.18. The standard InChI is InChI=1S/C27H21N5O4/c33-25-21-16-8-10-29-24(20-13-15-5-1-2-7-19(15)36-20)22(16)30-23(21)18-14-31(11-12-32(18)27(25)35)26(34)17-6-3-4-9-28-17/h1-10,13,18,21,23,30H,11-12,14H2/t18?,21?,23-/m0/s1. The number of piperidine rings is 1. The molecule has 3 aliphatic rings. The van der Waals surface area contributed by atoms with Crippen molar-refractivity contribution in [1.82, 2.24) is 19.8 Å². The van der Waals surface area contributed by atoms with E-state index in [1.54, 1.807) is 46.5 Å². The first-order chi connectivity index (χ1) is 17.6. The maximum Gasteiger partial charge on any atom is 0.291 e. The molecule has 3 atom stereocenters. The molecule has 9 nitrogen and oxygen atoms in total. The first kappa shape index (κ1) is 20.8. The van der Waals surface area contributed by atoms with Crippen molar-refractivity contribution in [2.75, 3.05) is 25.0 Å². The summed E-state index contributed by atoms with van der Waals surface area (Å²) in [7, 11) is 0. The fourth-order valence-corrected chi connectivity index (χ4v) is 5.72. The Morgan fingerprint density at radius 3 is 2.69 bits per heavy atom. The summed E-state index contributed by atoms with van der Waals surface area (Å²) in [6.45, 7) is 0.953. The molecule has 2 unspecified atom stereocenters. The summed E-state index contributed by atoms with van der Waals surface area (Å²) in [6.07, 6.45) is 3.23. The van der Waals surface area contributed by atoms with Crippen LogP contribution < -0.4 is 5.32 Å². The van der Waals surface area contributed by atoms with Crippen molar-refractivity contribution < 1.29 is 18.8 Å². The highest BCUT2D eigenvalue weighted by atomic mass is 16.3. The van der Waals surface area contributed by atoms with Crippen LogP contribution in [0, 0.1) is 0 Å². The van der Waals surface area contributed by atoms with E-state index in [1.807, 2.05) is 30.3 Å². The Bertz CT molecular complexity index is 1520. The van der Waals surface area contributed by atoms with E-state index >= 15 is 0 Å². The Kier molecular flexibility index (Phi) is 4.47. The lowest BCUT2D eigenvalue weighted by Crippen LogP contribution is -2.67. The van der Waals surface area contributed by atoms with Crippen LogP contribution in [0.15, 0.2) is 71.4 Å². The number of benzene rings is 1. The summed E-state index contributed by atoms with van der Waals surface area (Å²) in [5.41, 5.74) is 3.14. The number of rotatable bonds is 2. The summed E-state index contributed by atoms with van der Waals surface area (Å²) in [6, 6.07) is 15.9. The van der Waals surface area contributed by atoms with E-state index in [0.29, 0.717) is 42.5 Å². The van der Waals surface area contributed by atoms with Crippen LogP contribution >= 0.6 is 0 Å². The number of nitrogens with zero attached hydrogens (tertiary/aromatic N) is 4. The fraction of sp³-hybridized carbons (Fsp3) is 0.222. The van der Waals surface area contributed by atoms with Crippen molar-refractivity contribution in [1.29, 1.82) is 0 Å². The molecule has 4 aromatic rings. The molecule has 2 fully saturated rings. The number of ketones is 1. The van der Waals surface area contributed by atoms with E-state index in [-0.39, 0.29) is 18.0 Å². The second-order valence-corrected chi connectivity index (χ2v) is 9.32. The Morgan fingerprint density at radius 2 is 1.86 bits per heavy atom. The van der Waals surface area contributed by atoms with Crippen LogP contribution in [0.2, 0.25) is 0 Å². The van der Waals surface area contributed by atoms with Gasteiger partial charge in [-0.25, -0.2) is 0 Å². The third-order valence-electron chi connectivity index (χ3n) is 7.41. The first-order valence-corrected chi connectivity index (χ1v) is 11.9. The van der Waals surface area contributed by atoms with Gasteiger partial charge in [0.15, 0.2) is 5.76 Å². The number of anilines is 1. The Balaban J connectivity index is 1.26. The number of carbonyl (C=O) groups is 3. The largest absolute Gasteiger partial charge is 0.454 e. The zero-order valence-corrected chi connectivity index (χ0v) is 19.1. The van der Waals surface area contributed by atoms with Gasteiger partial charge in [0.25, 0.3) is 11.8 Å². The van der Waals surface area contributed by atoms with Gasteiger partial charge in [-0.15, -0.1) is 0 Å². The number of piperazine rings is 1. The smallest absolute Gasteiger partial charge is 0.291 e. The second-order valence-electron chi connectivity index (χ2n) is 9.32. The first-order valence-electron chi connectivity index (χ1n) is 11.9. The summed E-state index contributed by atoms with van der Waals surface area (Å²) in [5, 5.41) is 4.46. The van der Waals surface area contributed by atoms with E-state index in [0.717, 1.165) is 16.5 Å². The van der Waals surface area contributed by atoms with Gasteiger partial charge in [0.05, 0.1) is 23.7 Å². The average Bonchev–Trinajstić information content (AvgIpc) is 3.53. The number of pyridine rings is 2. The monoisotopic (exact) mass is 479 g/mol. The molecule has 2 amide bonds. The third-order valence-corrected chi connectivity index (χ3v) is 7.41. The normalized spacial score (nSPS) is 22.7. The number of nitrogens with one attached hydrogen (secondary N) is 1. The number of hydrogen-bond donors (Lipinski definition) is 1. The van der Waals surface area contributed by atoms with E-state index in [1.165, 1.54) is 0 Å². The van der Waals surface area contributed by atoms with Crippen LogP contribution in [0.5, 0.6) is 0 Å². The maximum absolute atomic E-state index is 13.3. The molecule has 178 valence electrons. The van der Waals surface area contributed by atoms with Gasteiger partial charge < -0.3 is 19.5 Å². The highest BCUT2D eigenvalue weighted by molar-refractivity contribution is 6.39. The van der Waals surface area contributed by atoms with Gasteiger partial charge in [-0.05, 0) is 35.9 Å². The second kappa shape index (κ2) is 7.74. The number of Topliss-reactive ketones (excluding diaryl/α,β-unsaturated/α-hetero) is 1. The fourth-order valence-electron chi connectivity index (χ4n) is 5.72. The predicted molar refractivity (Wildman–Crippen MR) is 130 cm³/mol. The van der Waals surface area contributed by atoms with Crippen molar-refractivity contribution in [2.45, 2.75) is 18.0 Å². The van der Waals surface area contributed by atoms with Gasteiger partial charge in [0.2, 0.25) is 5.78 Å². The van der Waals surface area contributed by atoms with E-state index < -0.39 is 17.6 Å². The summed E-state index contributed by atoms with van der Waals surface area (Å²) >= 11 is 0. The molecule has 7 rings (SSSR count). The number of para-hydroxylation sites is 1. The van der Waals surface area contributed by atoms with Crippen molar-refractivity contribution in [3.8, 4) is 11.5 Å². The van der Waals surface area contributed by atoms with Crippen LogP contribution in [0.1, 0.15) is 22.0 Å². The third kappa shape index (κ3) is 2.98. The topological polar surface area (TPSA) is 109 Å². The molecule has 2 saturated heterocycles. The molecule has 0 spiro atoms. The van der Waals surface area contributed by atoms with Gasteiger partial charge in [0.1, 0.15) is 17.0 Å². The molecular formula is C27H21N5O4. The molecule has 0 aliphatic carbocycles. The molecular weight excluding hydrogens is 458 g/mol. The molecule has 0 bridgehead atoms. The van der Waals surface area contributed by atoms with Crippen LogP contribution in [0.3, 0.4) is 0 Å². The highest BCUT2D eigenvalue weighted by Gasteiger charge is 2.54. The molecule has 6 heterocycles. The quantitative estimate of drug-likeness (QED) is 0.441. The number of carbonyl (C=O) groups excluding carboxylic acids is 3.